The number of aliphatic carboxylic acids is 9. The topological polar surface area (TPSA) is 428 Å². The molecule has 11 N–H and O–H groups in total. The summed E-state index contributed by atoms with van der Waals surface area (Å²) in [6, 6.07) is 5.25. The van der Waals surface area contributed by atoms with Crippen molar-refractivity contribution in [3.8, 4) is 0 Å². The number of isothiocyanates is 1. The second kappa shape index (κ2) is 37.1. The number of aliphatic imine (C=N–C) groups is 1. The van der Waals surface area contributed by atoms with Crippen molar-refractivity contribution >= 4 is 82.9 Å². The van der Waals surface area contributed by atoms with Gasteiger partial charge in [-0.05, 0) is 75.6 Å². The molecule has 4 atom stereocenters. The van der Waals surface area contributed by atoms with Crippen molar-refractivity contribution in [3.05, 3.63) is 29.8 Å². The van der Waals surface area contributed by atoms with Crippen molar-refractivity contribution in [1.82, 2.24) is 29.4 Å². The van der Waals surface area contributed by atoms with Gasteiger partial charge < -0.3 is 51.7 Å². The van der Waals surface area contributed by atoms with Gasteiger partial charge in [0.2, 0.25) is 0 Å². The van der Waals surface area contributed by atoms with Gasteiger partial charge in [-0.2, -0.15) is 14.6 Å². The number of nitrogens with zero attached hydrogens (tertiary/aromatic N) is 7. The van der Waals surface area contributed by atoms with Crippen LogP contribution in [0.5, 0.6) is 0 Å². The lowest BCUT2D eigenvalue weighted by molar-refractivity contribution is -0.192. The molecule has 1 aromatic carbocycles. The molecule has 0 aromatic heterocycles. The Labute approximate surface area is 424 Å². The Kier molecular flexibility index (Phi) is 33.8. The third-order valence-corrected chi connectivity index (χ3v) is 11.2. The number of benzene rings is 1. The Morgan fingerprint density at radius 2 is 1.00 bits per heavy atom. The van der Waals surface area contributed by atoms with Crippen LogP contribution in [0.1, 0.15) is 50.5 Å². The molecule has 0 bridgehead atoms. The van der Waals surface area contributed by atoms with Crippen molar-refractivity contribution in [2.45, 2.75) is 75.5 Å². The van der Waals surface area contributed by atoms with Crippen LogP contribution >= 0.6 is 12.2 Å². The molecule has 29 heteroatoms. The summed E-state index contributed by atoms with van der Waals surface area (Å²) in [5.41, 5.74) is 6.99. The summed E-state index contributed by atoms with van der Waals surface area (Å²) in [6.45, 7) is -3.83. The third kappa shape index (κ3) is 31.4. The smallest absolute Gasteiger partial charge is 0.373 e. The average Bonchev–Trinajstić information content (AvgIpc) is 3.26. The van der Waals surface area contributed by atoms with E-state index in [-0.39, 0.29) is 45.4 Å². The Balaban J connectivity index is 0.00000137. The molecule has 2 rings (SSSR count). The van der Waals surface area contributed by atoms with Crippen LogP contribution in [0.2, 0.25) is 0 Å². The lowest BCUT2D eigenvalue weighted by atomic mass is 9.87. The van der Waals surface area contributed by atoms with Gasteiger partial charge in [0, 0.05) is 50.3 Å². The highest BCUT2D eigenvalue weighted by molar-refractivity contribution is 7.78. The zero-order chi connectivity index (χ0) is 55.6. The molecule has 1 aliphatic carbocycles. The third-order valence-electron chi connectivity index (χ3n) is 11.1. The number of thiocarbonyl (C=S) groups is 1. The van der Waals surface area contributed by atoms with Gasteiger partial charge in [-0.1, -0.05) is 31.4 Å². The van der Waals surface area contributed by atoms with E-state index in [4.69, 9.17) is 35.7 Å². The predicted octanol–water partition coefficient (Wildman–Crippen LogP) is -1.25. The molecule has 0 spiro atoms. The van der Waals surface area contributed by atoms with E-state index in [1.165, 1.54) is 14.7 Å². The van der Waals surface area contributed by atoms with E-state index in [0.29, 0.717) is 50.8 Å². The maximum Gasteiger partial charge on any atom is 0.373 e. The molecule has 0 aliphatic heterocycles. The fourth-order valence-corrected chi connectivity index (χ4v) is 8.36. The predicted molar refractivity (Wildman–Crippen MR) is 255 cm³/mol. The van der Waals surface area contributed by atoms with Gasteiger partial charge >= 0.3 is 59.9 Å². The number of unbranched alkanes of at least 4 members (excludes halogenated alkanes) is 1. The molecule has 28 nitrogen and oxygen atoms in total. The van der Waals surface area contributed by atoms with Crippen molar-refractivity contribution in [2.24, 2.45) is 10.7 Å². The summed E-state index contributed by atoms with van der Waals surface area (Å²) in [5.74, 6) is -10.6. The molecule has 1 aliphatic rings. The zero-order valence-electron chi connectivity index (χ0n) is 40.3. The number of nitrogens with two attached hydrogens (primary N) is 1. The monoisotopic (exact) mass is 1060 g/mol. The van der Waals surface area contributed by atoms with Crippen molar-refractivity contribution in [1.29, 1.82) is 0 Å². The van der Waals surface area contributed by atoms with Crippen LogP contribution in [0.4, 0.5) is 5.69 Å². The second-order valence-corrected chi connectivity index (χ2v) is 17.0. The summed E-state index contributed by atoms with van der Waals surface area (Å²) >= 11 is 4.63. The standard InChI is InChI=1S/C25H34N4O8S.C18H32N4O10.CO2/c1-27(12-22(30)31)19(10-17-6-8-18(9-7-17)26-16-38)11-28(13-23(32)33)20-4-2-3-5-21(20)29(14-24(34)35)15-25(36)37;19-4-2-1-3-13(22(11-17(29)30)12-18(31)32)7-20(8-14(23)24)5-6-21(9-15(25)26)10-16(27)28;2-1-3/h6-9,19-21H,2-5,10-15H2,1H3,(H,30,31)(H,32,33)(H,34,35)(H,36,37);13H,1-12,19H2,(H,23,24)(H,25,26)(H,27,28)(H,29,30)(H,31,32);/t19-,20-,21-;;/m1../s1. The Morgan fingerprint density at radius 1 is 0.589 bits per heavy atom. The number of rotatable bonds is 36. The number of carbonyl (C=O) groups excluding carboxylic acids is 2. The Bertz CT molecular complexity index is 1990. The van der Waals surface area contributed by atoms with Crippen LogP contribution in [0.15, 0.2) is 29.3 Å². The number of carbonyl (C=O) groups is 9. The molecule has 1 saturated carbocycles. The first-order valence-corrected chi connectivity index (χ1v) is 23.0. The van der Waals surface area contributed by atoms with Gasteiger partial charge in [0.25, 0.3) is 0 Å². The van der Waals surface area contributed by atoms with Crippen molar-refractivity contribution in [2.75, 3.05) is 98.7 Å². The molecule has 1 fully saturated rings. The van der Waals surface area contributed by atoms with E-state index in [9.17, 15) is 68.7 Å². The average molecular weight is 1060 g/mol. The summed E-state index contributed by atoms with van der Waals surface area (Å²) in [7, 11) is 1.65. The van der Waals surface area contributed by atoms with Crippen LogP contribution in [-0.4, -0.2) is 263 Å². The molecule has 0 amide bonds. The Morgan fingerprint density at radius 3 is 1.42 bits per heavy atom. The molecular formula is C44H66N8O20S. The SMILES string of the molecule is CN(CC(=O)O)[C@H](Cc1ccc(N=C=S)cc1)CN(CC(=O)O)[C@@H]1CCCC[C@H]1N(CC(=O)O)CC(=O)O.NCCCCC(CN(CCN(CC(=O)O)CC(=O)O)CC(=O)O)N(CC(=O)O)CC(=O)O.O=C=O. The van der Waals surface area contributed by atoms with Gasteiger partial charge in [-0.3, -0.25) is 72.6 Å². The van der Waals surface area contributed by atoms with Gasteiger partial charge in [0.15, 0.2) is 0 Å². The van der Waals surface area contributed by atoms with Crippen molar-refractivity contribution in [3.63, 3.8) is 0 Å². The molecular weight excluding hydrogens is 993 g/mol. The van der Waals surface area contributed by atoms with E-state index in [1.54, 1.807) is 29.0 Å². The van der Waals surface area contributed by atoms with E-state index < -0.39 is 124 Å². The fourth-order valence-electron chi connectivity index (χ4n) is 8.26. The van der Waals surface area contributed by atoms with Gasteiger partial charge in [-0.25, -0.2) is 0 Å². The molecule has 1 unspecified atom stereocenters. The molecule has 0 heterocycles. The molecule has 73 heavy (non-hydrogen) atoms. The number of hydrogen-bond acceptors (Lipinski definition) is 20. The first-order valence-electron chi connectivity index (χ1n) is 22.5. The second-order valence-electron chi connectivity index (χ2n) is 16.8. The number of hydrogen-bond donors (Lipinski definition) is 10. The minimum Gasteiger partial charge on any atom is -0.480 e. The Hall–Kier alpha value is -6.65. The lowest BCUT2D eigenvalue weighted by Crippen LogP contribution is -2.59. The van der Waals surface area contributed by atoms with E-state index in [1.807, 2.05) is 12.1 Å². The fraction of sp³-hybridized carbons (Fsp3) is 0.614. The summed E-state index contributed by atoms with van der Waals surface area (Å²) in [6.07, 6.45) is 4.82. The summed E-state index contributed by atoms with van der Waals surface area (Å²) < 4.78 is 0. The van der Waals surface area contributed by atoms with Crippen LogP contribution in [-0.2, 0) is 59.2 Å². The number of likely N-dealkylation sites (N-methyl/N-ethyl adjacent to an activating group) is 1. The van der Waals surface area contributed by atoms with Crippen LogP contribution in [0.25, 0.3) is 0 Å². The maximum absolute atomic E-state index is 11.9. The minimum absolute atomic E-state index is 0.00852. The highest BCUT2D eigenvalue weighted by atomic mass is 32.1. The van der Waals surface area contributed by atoms with Gasteiger partial charge in [-0.15, -0.1) is 0 Å². The summed E-state index contributed by atoms with van der Waals surface area (Å²) in [4.78, 5) is 131. The first kappa shape index (κ1) is 66.3. The van der Waals surface area contributed by atoms with Crippen molar-refractivity contribution < 1.29 is 98.7 Å². The largest absolute Gasteiger partial charge is 0.480 e. The molecule has 0 saturated heterocycles. The van der Waals surface area contributed by atoms with Crippen LogP contribution in [0, 0.1) is 0 Å². The highest BCUT2D eigenvalue weighted by Gasteiger charge is 2.38. The minimum atomic E-state index is -1.25. The zero-order valence-corrected chi connectivity index (χ0v) is 41.1. The summed E-state index contributed by atoms with van der Waals surface area (Å²) in [5, 5.41) is 85.7. The number of carboxylic acids is 9. The molecule has 408 valence electrons. The maximum atomic E-state index is 11.9. The van der Waals surface area contributed by atoms with E-state index >= 15 is 0 Å². The highest BCUT2D eigenvalue weighted by Crippen LogP contribution is 2.29. The lowest BCUT2D eigenvalue weighted by Gasteiger charge is -2.45. The van der Waals surface area contributed by atoms with E-state index in [0.717, 1.165) is 23.3 Å². The van der Waals surface area contributed by atoms with Crippen LogP contribution < -0.4 is 5.73 Å². The normalized spacial score (nSPS) is 15.0. The number of carboxylic acid groups (broad SMARTS) is 9. The van der Waals surface area contributed by atoms with Gasteiger partial charge in [0.1, 0.15) is 0 Å². The first-order chi connectivity index (χ1) is 34.3. The quantitative estimate of drug-likeness (QED) is 0.0213. The van der Waals surface area contributed by atoms with Gasteiger partial charge in [0.05, 0.1) is 69.8 Å². The molecule has 0 radical (unpaired) electrons. The van der Waals surface area contributed by atoms with Crippen LogP contribution in [0.3, 0.4) is 0 Å². The van der Waals surface area contributed by atoms with E-state index in [2.05, 4.69) is 22.4 Å². The molecule has 1 aromatic rings.